The van der Waals surface area contributed by atoms with Gasteiger partial charge in [-0.05, 0) is 50.2 Å². The molecule has 0 aliphatic carbocycles. The molecule has 0 radical (unpaired) electrons. The molecule has 0 saturated heterocycles. The molecule has 112 valence electrons. The van der Waals surface area contributed by atoms with E-state index in [1.807, 2.05) is 18.2 Å². The van der Waals surface area contributed by atoms with Gasteiger partial charge in [0, 0.05) is 4.47 Å². The molecule has 0 aliphatic rings. The number of rotatable bonds is 3. The molecule has 2 aromatic rings. The van der Waals surface area contributed by atoms with Gasteiger partial charge in [-0.1, -0.05) is 62.7 Å². The number of hydrogen-bond acceptors (Lipinski definition) is 2. The van der Waals surface area contributed by atoms with Gasteiger partial charge in [-0.25, -0.2) is 5.43 Å². The van der Waals surface area contributed by atoms with Gasteiger partial charge < -0.3 is 0 Å². The maximum atomic E-state index is 6.05. The van der Waals surface area contributed by atoms with E-state index in [1.54, 1.807) is 0 Å². The van der Waals surface area contributed by atoms with Crippen LogP contribution in [0.25, 0.3) is 0 Å². The Morgan fingerprint density at radius 3 is 2.10 bits per heavy atom. The molecule has 0 bridgehead atoms. The van der Waals surface area contributed by atoms with Gasteiger partial charge in [-0.15, -0.1) is 0 Å². The van der Waals surface area contributed by atoms with Gasteiger partial charge in [0.2, 0.25) is 0 Å². The third kappa shape index (κ3) is 3.86. The molecule has 0 aromatic heterocycles. The molecule has 0 amide bonds. The monoisotopic (exact) mass is 366 g/mol. The zero-order valence-corrected chi connectivity index (χ0v) is 14.8. The van der Waals surface area contributed by atoms with E-state index < -0.39 is 0 Å². The quantitative estimate of drug-likeness (QED) is 0.595. The number of benzene rings is 2. The Labute approximate surface area is 139 Å². The number of nitrogens with one attached hydrogen (secondary N) is 1. The highest BCUT2D eigenvalue weighted by Gasteiger charge is 2.16. The highest BCUT2D eigenvalue weighted by Crippen LogP contribution is 2.30. The highest BCUT2D eigenvalue weighted by atomic mass is 79.9. The zero-order chi connectivity index (χ0) is 15.6. The number of hydrogen-bond donors (Lipinski definition) is 2. The molecule has 0 aliphatic heterocycles. The van der Waals surface area contributed by atoms with Crippen LogP contribution >= 0.6 is 27.5 Å². The van der Waals surface area contributed by atoms with Crippen molar-refractivity contribution in [2.75, 3.05) is 0 Å². The lowest BCUT2D eigenvalue weighted by atomic mass is 9.86. The van der Waals surface area contributed by atoms with E-state index in [0.717, 1.165) is 15.6 Å². The summed E-state index contributed by atoms with van der Waals surface area (Å²) >= 11 is 9.50. The van der Waals surface area contributed by atoms with Crippen molar-refractivity contribution in [3.63, 3.8) is 0 Å². The maximum absolute atomic E-state index is 6.05. The minimum Gasteiger partial charge on any atom is -0.271 e. The van der Waals surface area contributed by atoms with E-state index in [4.69, 9.17) is 17.4 Å². The minimum atomic E-state index is -0.0624. The Morgan fingerprint density at radius 1 is 1.05 bits per heavy atom. The van der Waals surface area contributed by atoms with Crippen LogP contribution in [0.3, 0.4) is 0 Å². The molecule has 2 aromatic carbocycles. The summed E-state index contributed by atoms with van der Waals surface area (Å²) in [5, 5.41) is 0.692. The molecule has 21 heavy (non-hydrogen) atoms. The summed E-state index contributed by atoms with van der Waals surface area (Å²) in [4.78, 5) is 0. The SMILES string of the molecule is CC(C)(C)c1ccc(C(NN)c2ccc(Cl)c(Br)c2)cc1. The topological polar surface area (TPSA) is 38.0 Å². The molecule has 2 nitrogen and oxygen atoms in total. The summed E-state index contributed by atoms with van der Waals surface area (Å²) in [6, 6.07) is 14.3. The molecule has 1 atom stereocenters. The summed E-state index contributed by atoms with van der Waals surface area (Å²) in [5.74, 6) is 5.75. The second kappa shape index (κ2) is 6.49. The Morgan fingerprint density at radius 2 is 1.62 bits per heavy atom. The van der Waals surface area contributed by atoms with Crippen molar-refractivity contribution in [2.24, 2.45) is 5.84 Å². The van der Waals surface area contributed by atoms with Gasteiger partial charge in [0.1, 0.15) is 0 Å². The lowest BCUT2D eigenvalue weighted by Gasteiger charge is -2.22. The van der Waals surface area contributed by atoms with Crippen molar-refractivity contribution in [2.45, 2.75) is 32.2 Å². The molecular weight excluding hydrogens is 348 g/mol. The maximum Gasteiger partial charge on any atom is 0.0710 e. The standard InChI is InChI=1S/C17H20BrClN2/c1-17(2,3)13-7-4-11(5-8-13)16(21-20)12-6-9-15(19)14(18)10-12/h4-10,16,21H,20H2,1-3H3. The second-order valence-corrected chi connectivity index (χ2v) is 7.41. The molecule has 0 fully saturated rings. The van der Waals surface area contributed by atoms with Crippen molar-refractivity contribution in [1.82, 2.24) is 5.43 Å². The van der Waals surface area contributed by atoms with Crippen LogP contribution in [0, 0.1) is 0 Å². The van der Waals surface area contributed by atoms with Crippen LogP contribution in [0.4, 0.5) is 0 Å². The average molecular weight is 368 g/mol. The summed E-state index contributed by atoms with van der Waals surface area (Å²) in [7, 11) is 0. The minimum absolute atomic E-state index is 0.0624. The predicted molar refractivity (Wildman–Crippen MR) is 93.5 cm³/mol. The van der Waals surface area contributed by atoms with Gasteiger partial charge in [0.15, 0.2) is 0 Å². The largest absolute Gasteiger partial charge is 0.271 e. The first-order valence-corrected chi connectivity index (χ1v) is 8.01. The predicted octanol–water partition coefficient (Wildman–Crippen LogP) is 4.95. The molecular formula is C17H20BrClN2. The van der Waals surface area contributed by atoms with Crippen molar-refractivity contribution < 1.29 is 0 Å². The lowest BCUT2D eigenvalue weighted by Crippen LogP contribution is -2.29. The number of hydrazine groups is 1. The fourth-order valence-electron chi connectivity index (χ4n) is 2.25. The van der Waals surface area contributed by atoms with Crippen molar-refractivity contribution >= 4 is 27.5 Å². The fourth-order valence-corrected chi connectivity index (χ4v) is 2.77. The molecule has 0 spiro atoms. The van der Waals surface area contributed by atoms with Crippen LogP contribution in [0.15, 0.2) is 46.9 Å². The molecule has 3 N–H and O–H groups in total. The van der Waals surface area contributed by atoms with Crippen molar-refractivity contribution in [3.05, 3.63) is 68.7 Å². The van der Waals surface area contributed by atoms with Gasteiger partial charge in [0.25, 0.3) is 0 Å². The molecule has 2 rings (SSSR count). The van der Waals surface area contributed by atoms with Crippen molar-refractivity contribution in [1.29, 1.82) is 0 Å². The summed E-state index contributed by atoms with van der Waals surface area (Å²) in [6.45, 7) is 6.62. The first-order chi connectivity index (χ1) is 9.82. The van der Waals surface area contributed by atoms with E-state index in [0.29, 0.717) is 5.02 Å². The van der Waals surface area contributed by atoms with Gasteiger partial charge in [-0.2, -0.15) is 0 Å². The normalized spacial score (nSPS) is 13.2. The Bertz CT molecular complexity index is 618. The lowest BCUT2D eigenvalue weighted by molar-refractivity contribution is 0.588. The number of halogens is 2. The van der Waals surface area contributed by atoms with Crippen molar-refractivity contribution in [3.8, 4) is 0 Å². The Hall–Kier alpha value is -0.870. The summed E-state index contributed by atoms with van der Waals surface area (Å²) < 4.78 is 0.869. The van der Waals surface area contributed by atoms with E-state index >= 15 is 0 Å². The molecule has 0 heterocycles. The Kier molecular flexibility index (Phi) is 5.10. The van der Waals surface area contributed by atoms with Crippen LogP contribution in [0.2, 0.25) is 5.02 Å². The van der Waals surface area contributed by atoms with E-state index in [1.165, 1.54) is 5.56 Å². The fraction of sp³-hybridized carbons (Fsp3) is 0.294. The van der Waals surface area contributed by atoms with Gasteiger partial charge >= 0.3 is 0 Å². The molecule has 4 heteroatoms. The van der Waals surface area contributed by atoms with Crippen LogP contribution in [-0.4, -0.2) is 0 Å². The summed E-state index contributed by atoms with van der Waals surface area (Å²) in [5.41, 5.74) is 6.52. The van der Waals surface area contributed by atoms with Crippen LogP contribution in [-0.2, 0) is 5.41 Å². The molecule has 0 saturated carbocycles. The van der Waals surface area contributed by atoms with E-state index in [9.17, 15) is 0 Å². The van der Waals surface area contributed by atoms with E-state index in [2.05, 4.69) is 66.4 Å². The average Bonchev–Trinajstić information content (AvgIpc) is 2.43. The van der Waals surface area contributed by atoms with Crippen LogP contribution < -0.4 is 11.3 Å². The first-order valence-electron chi connectivity index (χ1n) is 6.84. The molecule has 1 unspecified atom stereocenters. The van der Waals surface area contributed by atoms with Crippen LogP contribution in [0.5, 0.6) is 0 Å². The van der Waals surface area contributed by atoms with Gasteiger partial charge in [0.05, 0.1) is 11.1 Å². The van der Waals surface area contributed by atoms with E-state index in [-0.39, 0.29) is 11.5 Å². The highest BCUT2D eigenvalue weighted by molar-refractivity contribution is 9.10. The Balaban J connectivity index is 2.35. The summed E-state index contributed by atoms with van der Waals surface area (Å²) in [6.07, 6.45) is 0. The third-order valence-electron chi connectivity index (χ3n) is 3.55. The third-order valence-corrected chi connectivity index (χ3v) is 4.77. The smallest absolute Gasteiger partial charge is 0.0710 e. The second-order valence-electron chi connectivity index (χ2n) is 6.15. The zero-order valence-electron chi connectivity index (χ0n) is 12.5. The van der Waals surface area contributed by atoms with Gasteiger partial charge in [-0.3, -0.25) is 5.84 Å². The number of nitrogens with two attached hydrogens (primary N) is 1. The first kappa shape index (κ1) is 16.5. The van der Waals surface area contributed by atoms with Crippen LogP contribution in [0.1, 0.15) is 43.5 Å².